The molecule has 0 aromatic carbocycles. The Morgan fingerprint density at radius 2 is 1.67 bits per heavy atom. The van der Waals surface area contributed by atoms with Crippen molar-refractivity contribution in [2.45, 2.75) is 38.5 Å². The van der Waals surface area contributed by atoms with E-state index in [4.69, 9.17) is 10.2 Å². The van der Waals surface area contributed by atoms with E-state index < -0.39 is 30.4 Å². The highest BCUT2D eigenvalue weighted by Gasteiger charge is 2.19. The number of nitrogens with zero attached hydrogens (tertiary/aromatic N) is 1. The molecule has 0 spiro atoms. The van der Waals surface area contributed by atoms with Crippen LogP contribution in [0.25, 0.3) is 0 Å². The smallest absolute Gasteiger partial charge is 0.404 e. The third-order valence-corrected chi connectivity index (χ3v) is 2.66. The summed E-state index contributed by atoms with van der Waals surface area (Å²) in [4.78, 5) is 22.9. The molecule has 21 heavy (non-hydrogen) atoms. The Kier molecular flexibility index (Phi) is 9.42. The van der Waals surface area contributed by atoms with Gasteiger partial charge in [0, 0.05) is 32.2 Å². The molecule has 2 amide bonds. The Hall–Kier alpha value is -1.58. The number of amides is 2. The van der Waals surface area contributed by atoms with Crippen molar-refractivity contribution < 1.29 is 30.0 Å². The summed E-state index contributed by atoms with van der Waals surface area (Å²) in [6.45, 7) is 4.18. The fraction of sp³-hybridized carbons (Fsp3) is 0.833. The predicted molar refractivity (Wildman–Crippen MR) is 75.4 cm³/mol. The van der Waals surface area contributed by atoms with Crippen molar-refractivity contribution in [1.82, 2.24) is 15.5 Å². The maximum absolute atomic E-state index is 10.7. The number of hydrogen-bond donors (Lipinski definition) is 6. The van der Waals surface area contributed by atoms with Crippen molar-refractivity contribution in [3.63, 3.8) is 0 Å². The van der Waals surface area contributed by atoms with E-state index in [9.17, 15) is 19.8 Å². The predicted octanol–water partition coefficient (Wildman–Crippen LogP) is -0.656. The second kappa shape index (κ2) is 10.2. The first-order chi connectivity index (χ1) is 9.70. The van der Waals surface area contributed by atoms with Gasteiger partial charge < -0.3 is 31.1 Å². The van der Waals surface area contributed by atoms with Crippen molar-refractivity contribution in [1.29, 1.82) is 0 Å². The summed E-state index contributed by atoms with van der Waals surface area (Å²) >= 11 is 0. The van der Waals surface area contributed by atoms with Crippen molar-refractivity contribution in [3.8, 4) is 0 Å². The summed E-state index contributed by atoms with van der Waals surface area (Å²) in [6.07, 6.45) is -3.41. The molecule has 0 aromatic rings. The Morgan fingerprint density at radius 3 is 2.10 bits per heavy atom. The summed E-state index contributed by atoms with van der Waals surface area (Å²) in [7, 11) is 0. The summed E-state index contributed by atoms with van der Waals surface area (Å²) in [5, 5.41) is 40.7. The third-order valence-electron chi connectivity index (χ3n) is 2.66. The Labute approximate surface area is 123 Å². The largest absolute Gasteiger partial charge is 0.465 e. The van der Waals surface area contributed by atoms with Gasteiger partial charge in [-0.25, -0.2) is 9.59 Å². The molecular formula is C12H25N3O6. The molecule has 0 aliphatic carbocycles. The molecule has 0 bridgehead atoms. The number of nitrogens with one attached hydrogen (secondary N) is 2. The van der Waals surface area contributed by atoms with E-state index in [0.29, 0.717) is 6.54 Å². The SMILES string of the molecule is CC(O)CC(CN(CCNC(=O)O)CC(C)O)NC(=O)O. The van der Waals surface area contributed by atoms with Crippen molar-refractivity contribution in [3.05, 3.63) is 0 Å². The van der Waals surface area contributed by atoms with Gasteiger partial charge in [0.05, 0.1) is 12.2 Å². The lowest BCUT2D eigenvalue weighted by atomic mass is 10.1. The summed E-state index contributed by atoms with van der Waals surface area (Å²) in [6, 6.07) is -0.508. The van der Waals surface area contributed by atoms with Crippen molar-refractivity contribution in [2.75, 3.05) is 26.2 Å². The first-order valence-corrected chi connectivity index (χ1v) is 6.75. The van der Waals surface area contributed by atoms with E-state index in [1.165, 1.54) is 0 Å². The molecule has 0 aliphatic rings. The van der Waals surface area contributed by atoms with Crippen LogP contribution in [0.2, 0.25) is 0 Å². The quantitative estimate of drug-likeness (QED) is 0.314. The van der Waals surface area contributed by atoms with E-state index in [0.717, 1.165) is 0 Å². The molecule has 0 saturated carbocycles. The normalized spacial score (nSPS) is 15.3. The first kappa shape index (κ1) is 19.4. The highest BCUT2D eigenvalue weighted by Crippen LogP contribution is 2.03. The lowest BCUT2D eigenvalue weighted by Crippen LogP contribution is -2.48. The molecule has 0 fully saturated rings. The van der Waals surface area contributed by atoms with Crippen LogP contribution in [0.1, 0.15) is 20.3 Å². The minimum Gasteiger partial charge on any atom is -0.465 e. The summed E-state index contributed by atoms with van der Waals surface area (Å²) in [5.74, 6) is 0. The van der Waals surface area contributed by atoms with Crippen LogP contribution in [0.3, 0.4) is 0 Å². The number of aliphatic hydroxyl groups is 2. The molecular weight excluding hydrogens is 282 g/mol. The topological polar surface area (TPSA) is 142 Å². The second-order valence-corrected chi connectivity index (χ2v) is 5.07. The number of carbonyl (C=O) groups is 2. The molecule has 0 saturated heterocycles. The van der Waals surface area contributed by atoms with Gasteiger partial charge in [-0.1, -0.05) is 0 Å². The van der Waals surface area contributed by atoms with Crippen LogP contribution < -0.4 is 10.6 Å². The molecule has 0 rings (SSSR count). The average molecular weight is 307 g/mol. The van der Waals surface area contributed by atoms with Crippen LogP contribution in [0.5, 0.6) is 0 Å². The van der Waals surface area contributed by atoms with E-state index in [1.54, 1.807) is 18.7 Å². The molecule has 3 atom stereocenters. The highest BCUT2D eigenvalue weighted by atomic mass is 16.4. The van der Waals surface area contributed by atoms with E-state index in [1.807, 2.05) is 0 Å². The third kappa shape index (κ3) is 11.9. The van der Waals surface area contributed by atoms with Crippen molar-refractivity contribution in [2.24, 2.45) is 0 Å². The number of rotatable bonds is 10. The Bertz CT molecular complexity index is 324. The van der Waals surface area contributed by atoms with Crippen LogP contribution in [0.15, 0.2) is 0 Å². The fourth-order valence-electron chi connectivity index (χ4n) is 2.03. The molecule has 0 aromatic heterocycles. The zero-order chi connectivity index (χ0) is 16.4. The number of hydrogen-bond acceptors (Lipinski definition) is 5. The minimum absolute atomic E-state index is 0.163. The summed E-state index contributed by atoms with van der Waals surface area (Å²) in [5.41, 5.74) is 0. The number of carboxylic acid groups (broad SMARTS) is 2. The van der Waals surface area contributed by atoms with Gasteiger partial charge in [0.2, 0.25) is 0 Å². The van der Waals surface area contributed by atoms with Gasteiger partial charge >= 0.3 is 12.2 Å². The van der Waals surface area contributed by atoms with Gasteiger partial charge in [0.15, 0.2) is 0 Å². The van der Waals surface area contributed by atoms with E-state index in [-0.39, 0.29) is 26.1 Å². The van der Waals surface area contributed by atoms with Gasteiger partial charge in [-0.05, 0) is 20.3 Å². The zero-order valence-electron chi connectivity index (χ0n) is 12.3. The molecule has 0 heterocycles. The monoisotopic (exact) mass is 307 g/mol. The van der Waals surface area contributed by atoms with Gasteiger partial charge in [-0.15, -0.1) is 0 Å². The van der Waals surface area contributed by atoms with Crippen LogP contribution in [-0.4, -0.2) is 81.9 Å². The lowest BCUT2D eigenvalue weighted by Gasteiger charge is -2.29. The van der Waals surface area contributed by atoms with Crippen LogP contribution in [0.4, 0.5) is 9.59 Å². The molecule has 0 radical (unpaired) electrons. The molecule has 124 valence electrons. The Morgan fingerprint density at radius 1 is 1.05 bits per heavy atom. The van der Waals surface area contributed by atoms with E-state index in [2.05, 4.69) is 10.6 Å². The van der Waals surface area contributed by atoms with Gasteiger partial charge in [-0.3, -0.25) is 4.90 Å². The number of aliphatic hydroxyl groups excluding tert-OH is 2. The average Bonchev–Trinajstić information content (AvgIpc) is 2.24. The van der Waals surface area contributed by atoms with Gasteiger partial charge in [-0.2, -0.15) is 0 Å². The molecule has 9 heteroatoms. The fourth-order valence-corrected chi connectivity index (χ4v) is 2.03. The molecule has 0 aliphatic heterocycles. The van der Waals surface area contributed by atoms with Crippen molar-refractivity contribution >= 4 is 12.2 Å². The lowest BCUT2D eigenvalue weighted by molar-refractivity contribution is 0.106. The van der Waals surface area contributed by atoms with E-state index >= 15 is 0 Å². The van der Waals surface area contributed by atoms with Crippen LogP contribution >= 0.6 is 0 Å². The van der Waals surface area contributed by atoms with Gasteiger partial charge in [0.25, 0.3) is 0 Å². The minimum atomic E-state index is -1.19. The zero-order valence-corrected chi connectivity index (χ0v) is 12.3. The molecule has 3 unspecified atom stereocenters. The molecule has 6 N–H and O–H groups in total. The maximum atomic E-state index is 10.7. The maximum Gasteiger partial charge on any atom is 0.404 e. The van der Waals surface area contributed by atoms with Crippen LogP contribution in [-0.2, 0) is 0 Å². The second-order valence-electron chi connectivity index (χ2n) is 5.07. The Balaban J connectivity index is 4.54. The standard InChI is InChI=1S/C12H25N3O6/c1-8(16)5-10(14-12(20)21)7-15(6-9(2)17)4-3-13-11(18)19/h8-10,13-14,16-17H,3-7H2,1-2H3,(H,18,19)(H,20,21). The van der Waals surface area contributed by atoms with Crippen LogP contribution in [0, 0.1) is 0 Å². The molecule has 9 nitrogen and oxygen atoms in total. The first-order valence-electron chi connectivity index (χ1n) is 6.75. The van der Waals surface area contributed by atoms with Gasteiger partial charge in [0.1, 0.15) is 0 Å². The summed E-state index contributed by atoms with van der Waals surface area (Å²) < 4.78 is 0. The highest BCUT2D eigenvalue weighted by molar-refractivity contribution is 5.65.